The summed E-state index contributed by atoms with van der Waals surface area (Å²) in [4.78, 5) is 17.4. The normalized spacial score (nSPS) is 12.5. The summed E-state index contributed by atoms with van der Waals surface area (Å²) in [6, 6.07) is 4.64. The molecule has 0 spiro atoms. The minimum atomic E-state index is -4.96. The zero-order valence-electron chi connectivity index (χ0n) is 14.4. The summed E-state index contributed by atoms with van der Waals surface area (Å²) in [5, 5.41) is 12.3. The topological polar surface area (TPSA) is 124 Å². The van der Waals surface area contributed by atoms with E-state index in [1.807, 2.05) is 0 Å². The highest BCUT2D eigenvalue weighted by molar-refractivity contribution is 7.95. The lowest BCUT2D eigenvalue weighted by Crippen LogP contribution is -2.17. The molecular weight excluding hydrogens is 405 g/mol. The van der Waals surface area contributed by atoms with Crippen molar-refractivity contribution in [3.63, 3.8) is 0 Å². The molecule has 0 unspecified atom stereocenters. The number of anilines is 1. The SMILES string of the molecule is Cc1cc(C)nc(N/C=C(\[N+](=O)[O-])S(=O)(=O)c2ccc(OC(F)(F)F)cc2)n1. The molecule has 0 saturated heterocycles. The van der Waals surface area contributed by atoms with Crippen molar-refractivity contribution in [1.82, 2.24) is 9.97 Å². The fourth-order valence-electron chi connectivity index (χ4n) is 2.09. The van der Waals surface area contributed by atoms with Crippen LogP contribution in [-0.2, 0) is 9.84 Å². The van der Waals surface area contributed by atoms with Crippen LogP contribution >= 0.6 is 0 Å². The molecule has 2 rings (SSSR count). The Hall–Kier alpha value is -3.22. The number of nitrogens with one attached hydrogen (secondary N) is 1. The largest absolute Gasteiger partial charge is 0.573 e. The second-order valence-corrected chi connectivity index (χ2v) is 7.28. The van der Waals surface area contributed by atoms with Gasteiger partial charge >= 0.3 is 11.4 Å². The molecule has 0 saturated carbocycles. The maximum Gasteiger partial charge on any atom is 0.573 e. The van der Waals surface area contributed by atoms with Crippen LogP contribution < -0.4 is 10.1 Å². The minimum Gasteiger partial charge on any atom is -0.406 e. The van der Waals surface area contributed by atoms with Crippen LogP contribution in [0.15, 0.2) is 46.5 Å². The smallest absolute Gasteiger partial charge is 0.406 e. The minimum absolute atomic E-state index is 0.0547. The van der Waals surface area contributed by atoms with Crippen molar-refractivity contribution in [2.24, 2.45) is 0 Å². The number of benzene rings is 1. The molecule has 0 fully saturated rings. The molecular formula is C15H13F3N4O5S. The van der Waals surface area contributed by atoms with Gasteiger partial charge in [-0.2, -0.15) is 0 Å². The Morgan fingerprint density at radius 3 is 2.18 bits per heavy atom. The standard InChI is InChI=1S/C15H13F3N4O5S/c1-9-7-10(2)21-14(20-9)19-8-13(22(23)24)28(25,26)12-5-3-11(4-6-12)27-15(16,17)18/h3-8H,1-2H3,(H,19,20,21)/b13-8+. The zero-order chi connectivity index (χ0) is 21.1. The van der Waals surface area contributed by atoms with Crippen LogP contribution in [0, 0.1) is 24.0 Å². The number of ether oxygens (including phenoxy) is 1. The first-order valence-electron chi connectivity index (χ1n) is 7.43. The number of sulfone groups is 1. The van der Waals surface area contributed by atoms with Gasteiger partial charge in [-0.1, -0.05) is 0 Å². The number of alkyl halides is 3. The predicted molar refractivity (Wildman–Crippen MR) is 90.5 cm³/mol. The molecule has 2 aromatic rings. The lowest BCUT2D eigenvalue weighted by Gasteiger charge is -2.09. The van der Waals surface area contributed by atoms with E-state index in [2.05, 4.69) is 20.0 Å². The molecule has 0 aliphatic rings. The Balaban J connectivity index is 2.34. The average Bonchev–Trinajstić information content (AvgIpc) is 2.52. The third-order valence-electron chi connectivity index (χ3n) is 3.13. The Labute approximate surface area is 157 Å². The summed E-state index contributed by atoms with van der Waals surface area (Å²) in [5.74, 6) is -0.721. The highest BCUT2D eigenvalue weighted by Gasteiger charge is 2.33. The quantitative estimate of drug-likeness (QED) is 0.561. The highest BCUT2D eigenvalue weighted by atomic mass is 32.2. The van der Waals surface area contributed by atoms with Gasteiger partial charge in [0.1, 0.15) is 5.75 Å². The number of hydrogen-bond acceptors (Lipinski definition) is 8. The van der Waals surface area contributed by atoms with Gasteiger partial charge in [0.15, 0.2) is 0 Å². The molecule has 1 N–H and O–H groups in total. The van der Waals surface area contributed by atoms with Gasteiger partial charge in [0.25, 0.3) is 9.84 Å². The van der Waals surface area contributed by atoms with Crippen LogP contribution in [0.2, 0.25) is 0 Å². The van der Waals surface area contributed by atoms with Crippen molar-refractivity contribution in [3.8, 4) is 5.75 Å². The van der Waals surface area contributed by atoms with Crippen LogP contribution in [0.4, 0.5) is 19.1 Å². The first kappa shape index (κ1) is 21.1. The molecule has 0 aliphatic heterocycles. The summed E-state index contributed by atoms with van der Waals surface area (Å²) < 4.78 is 65.1. The number of halogens is 3. The first-order chi connectivity index (χ1) is 12.9. The van der Waals surface area contributed by atoms with Crippen LogP contribution in [0.25, 0.3) is 0 Å². The molecule has 0 radical (unpaired) electrons. The van der Waals surface area contributed by atoms with Crippen molar-refractivity contribution in [2.45, 2.75) is 25.1 Å². The number of aromatic nitrogens is 2. The monoisotopic (exact) mass is 418 g/mol. The van der Waals surface area contributed by atoms with Gasteiger partial charge in [0.05, 0.1) is 16.0 Å². The van der Waals surface area contributed by atoms with Gasteiger partial charge in [-0.05, 0) is 44.2 Å². The second kappa shape index (κ2) is 7.80. The fourth-order valence-corrected chi connectivity index (χ4v) is 3.23. The Kier molecular flexibility index (Phi) is 5.87. The highest BCUT2D eigenvalue weighted by Crippen LogP contribution is 2.26. The van der Waals surface area contributed by atoms with Crippen LogP contribution in [0.1, 0.15) is 11.4 Å². The van der Waals surface area contributed by atoms with Gasteiger partial charge in [-0.15, -0.1) is 13.2 Å². The molecule has 0 amide bonds. The lowest BCUT2D eigenvalue weighted by molar-refractivity contribution is -0.411. The van der Waals surface area contributed by atoms with Crippen molar-refractivity contribution >= 4 is 15.8 Å². The molecule has 1 aromatic carbocycles. The molecule has 1 aromatic heterocycles. The van der Waals surface area contributed by atoms with Gasteiger partial charge < -0.3 is 10.1 Å². The van der Waals surface area contributed by atoms with Crippen LogP contribution in [-0.4, -0.2) is 29.7 Å². The molecule has 150 valence electrons. The zero-order valence-corrected chi connectivity index (χ0v) is 15.2. The van der Waals surface area contributed by atoms with Gasteiger partial charge in [-0.25, -0.2) is 18.4 Å². The third-order valence-corrected chi connectivity index (χ3v) is 4.84. The number of hydrogen-bond donors (Lipinski definition) is 1. The van der Waals surface area contributed by atoms with Crippen molar-refractivity contribution < 1.29 is 31.2 Å². The summed E-state index contributed by atoms with van der Waals surface area (Å²) in [6.07, 6.45) is -4.36. The molecule has 13 heteroatoms. The molecule has 9 nitrogen and oxygen atoms in total. The lowest BCUT2D eigenvalue weighted by atomic mass is 10.3. The average molecular weight is 418 g/mol. The Morgan fingerprint density at radius 2 is 1.71 bits per heavy atom. The molecule has 0 aliphatic carbocycles. The van der Waals surface area contributed by atoms with E-state index in [1.165, 1.54) is 0 Å². The summed E-state index contributed by atoms with van der Waals surface area (Å²) >= 11 is 0. The van der Waals surface area contributed by atoms with Gasteiger partial charge in [-0.3, -0.25) is 10.1 Å². The third kappa shape index (κ3) is 5.39. The Morgan fingerprint density at radius 1 is 1.18 bits per heavy atom. The molecule has 1 heterocycles. The number of aryl methyl sites for hydroxylation is 2. The first-order valence-corrected chi connectivity index (χ1v) is 8.91. The van der Waals surface area contributed by atoms with E-state index in [0.717, 1.165) is 24.3 Å². The van der Waals surface area contributed by atoms with Crippen molar-refractivity contribution in [3.05, 3.63) is 63.1 Å². The second-order valence-electron chi connectivity index (χ2n) is 5.38. The summed E-state index contributed by atoms with van der Waals surface area (Å²) in [7, 11) is -4.64. The van der Waals surface area contributed by atoms with Gasteiger partial charge in [0, 0.05) is 11.4 Å². The number of rotatable bonds is 6. The maximum absolute atomic E-state index is 12.5. The maximum atomic E-state index is 12.5. The van der Waals surface area contributed by atoms with Crippen LogP contribution in [0.5, 0.6) is 5.75 Å². The number of nitro groups is 1. The molecule has 0 atom stereocenters. The van der Waals surface area contributed by atoms with Gasteiger partial charge in [0.2, 0.25) is 5.95 Å². The van der Waals surface area contributed by atoms with E-state index in [-0.39, 0.29) is 5.95 Å². The number of nitrogens with zero attached hydrogens (tertiary/aromatic N) is 3. The fraction of sp³-hybridized carbons (Fsp3) is 0.200. The van der Waals surface area contributed by atoms with Crippen molar-refractivity contribution in [2.75, 3.05) is 5.32 Å². The van der Waals surface area contributed by atoms with Crippen LogP contribution in [0.3, 0.4) is 0 Å². The van der Waals surface area contributed by atoms with E-state index >= 15 is 0 Å². The van der Waals surface area contributed by atoms with Crippen molar-refractivity contribution in [1.29, 1.82) is 0 Å². The van der Waals surface area contributed by atoms with E-state index in [0.29, 0.717) is 17.6 Å². The summed E-state index contributed by atoms with van der Waals surface area (Å²) in [5.41, 5.74) is 1.10. The van der Waals surface area contributed by atoms with E-state index in [4.69, 9.17) is 0 Å². The van der Waals surface area contributed by atoms with E-state index < -0.39 is 36.8 Å². The molecule has 28 heavy (non-hydrogen) atoms. The summed E-state index contributed by atoms with van der Waals surface area (Å²) in [6.45, 7) is 3.30. The van der Waals surface area contributed by atoms with E-state index in [1.54, 1.807) is 19.9 Å². The van der Waals surface area contributed by atoms with E-state index in [9.17, 15) is 31.7 Å². The predicted octanol–water partition coefficient (Wildman–Crippen LogP) is 2.95. The Bertz CT molecular complexity index is 1000. The molecule has 0 bridgehead atoms.